The molecule has 2 aromatic rings. The minimum absolute atomic E-state index is 0.310. The number of amides is 1. The highest BCUT2D eigenvalue weighted by Gasteiger charge is 2.19. The van der Waals surface area contributed by atoms with Crippen LogP contribution in [0.5, 0.6) is 5.75 Å². The fourth-order valence-electron chi connectivity index (χ4n) is 1.89. The molecule has 2 aromatic carbocycles. The zero-order valence-corrected chi connectivity index (χ0v) is 15.3. The largest absolute Gasteiger partial charge is 0.496 e. The number of ether oxygens (including phenoxy) is 2. The molecular formula is C17H15BrClNO4. The van der Waals surface area contributed by atoms with Gasteiger partial charge < -0.3 is 14.8 Å². The lowest BCUT2D eigenvalue weighted by atomic mass is 10.2. The van der Waals surface area contributed by atoms with Gasteiger partial charge in [0.1, 0.15) is 5.75 Å². The predicted molar refractivity (Wildman–Crippen MR) is 95.7 cm³/mol. The SMILES string of the molecule is COc1ccc(C(=O)O[C@H](C)C(=O)Nc2cccc(Cl)c2)cc1Br. The van der Waals surface area contributed by atoms with Gasteiger partial charge in [-0.15, -0.1) is 0 Å². The van der Waals surface area contributed by atoms with E-state index >= 15 is 0 Å². The highest BCUT2D eigenvalue weighted by molar-refractivity contribution is 9.10. The zero-order valence-electron chi connectivity index (χ0n) is 13.0. The number of halogens is 2. The molecule has 1 amide bonds. The van der Waals surface area contributed by atoms with E-state index in [4.69, 9.17) is 21.1 Å². The van der Waals surface area contributed by atoms with E-state index in [0.717, 1.165) is 0 Å². The van der Waals surface area contributed by atoms with Crippen molar-refractivity contribution in [2.75, 3.05) is 12.4 Å². The van der Waals surface area contributed by atoms with E-state index < -0.39 is 18.0 Å². The minimum atomic E-state index is -0.961. The highest BCUT2D eigenvalue weighted by atomic mass is 79.9. The van der Waals surface area contributed by atoms with Gasteiger partial charge in [0.25, 0.3) is 5.91 Å². The molecule has 0 unspecified atom stereocenters. The molecule has 0 spiro atoms. The third kappa shape index (κ3) is 4.72. The van der Waals surface area contributed by atoms with Gasteiger partial charge in [-0.3, -0.25) is 4.79 Å². The monoisotopic (exact) mass is 411 g/mol. The molecule has 2 rings (SSSR count). The Labute approximate surface area is 153 Å². The summed E-state index contributed by atoms with van der Waals surface area (Å²) in [5.41, 5.74) is 0.840. The van der Waals surface area contributed by atoms with Crippen molar-refractivity contribution >= 4 is 45.1 Å². The third-order valence-corrected chi connectivity index (χ3v) is 3.99. The predicted octanol–water partition coefficient (Wildman–Crippen LogP) is 4.30. The van der Waals surface area contributed by atoms with Crippen LogP contribution in [0, 0.1) is 0 Å². The molecule has 1 N–H and O–H groups in total. The van der Waals surface area contributed by atoms with Crippen molar-refractivity contribution < 1.29 is 19.1 Å². The molecule has 0 saturated carbocycles. The maximum atomic E-state index is 12.1. The van der Waals surface area contributed by atoms with Crippen LogP contribution in [0.4, 0.5) is 5.69 Å². The number of anilines is 1. The first kappa shape index (κ1) is 18.3. The van der Waals surface area contributed by atoms with Crippen molar-refractivity contribution in [2.45, 2.75) is 13.0 Å². The van der Waals surface area contributed by atoms with Crippen LogP contribution in [-0.2, 0) is 9.53 Å². The second-order valence-corrected chi connectivity index (χ2v) is 6.19. The fraction of sp³-hybridized carbons (Fsp3) is 0.176. The second-order valence-electron chi connectivity index (χ2n) is 4.90. The Kier molecular flexibility index (Phi) is 6.23. The first-order valence-corrected chi connectivity index (χ1v) is 8.18. The molecular weight excluding hydrogens is 398 g/mol. The van der Waals surface area contributed by atoms with Crippen LogP contribution in [0.25, 0.3) is 0 Å². The van der Waals surface area contributed by atoms with Crippen LogP contribution < -0.4 is 10.1 Å². The number of hydrogen-bond acceptors (Lipinski definition) is 4. The standard InChI is InChI=1S/C17H15BrClNO4/c1-10(16(21)20-13-5-3-4-12(19)9-13)24-17(22)11-6-7-15(23-2)14(18)8-11/h3-10H,1-2H3,(H,20,21)/t10-/m1/s1. The van der Waals surface area contributed by atoms with E-state index in [1.807, 2.05) is 0 Å². The average molecular weight is 413 g/mol. The number of hydrogen-bond donors (Lipinski definition) is 1. The van der Waals surface area contributed by atoms with E-state index in [1.54, 1.807) is 42.5 Å². The van der Waals surface area contributed by atoms with E-state index in [-0.39, 0.29) is 0 Å². The van der Waals surface area contributed by atoms with Crippen molar-refractivity contribution in [1.82, 2.24) is 0 Å². The van der Waals surface area contributed by atoms with Crippen LogP contribution in [0.2, 0.25) is 5.02 Å². The minimum Gasteiger partial charge on any atom is -0.496 e. The Balaban J connectivity index is 2.00. The topological polar surface area (TPSA) is 64.6 Å². The molecule has 126 valence electrons. The van der Waals surface area contributed by atoms with Gasteiger partial charge in [-0.1, -0.05) is 17.7 Å². The number of nitrogens with one attached hydrogen (secondary N) is 1. The summed E-state index contributed by atoms with van der Waals surface area (Å²) < 4.78 is 10.9. The lowest BCUT2D eigenvalue weighted by molar-refractivity contribution is -0.123. The van der Waals surface area contributed by atoms with Crippen molar-refractivity contribution in [3.05, 3.63) is 57.5 Å². The highest BCUT2D eigenvalue weighted by Crippen LogP contribution is 2.26. The Morgan fingerprint density at radius 1 is 1.21 bits per heavy atom. The molecule has 0 aliphatic heterocycles. The van der Waals surface area contributed by atoms with Crippen LogP contribution in [0.3, 0.4) is 0 Å². The molecule has 0 saturated heterocycles. The lowest BCUT2D eigenvalue weighted by Crippen LogP contribution is -2.30. The normalized spacial score (nSPS) is 11.5. The molecule has 0 aliphatic rings. The molecule has 1 atom stereocenters. The number of carbonyl (C=O) groups excluding carboxylic acids is 2. The van der Waals surface area contributed by atoms with Gasteiger partial charge in [0.15, 0.2) is 6.10 Å². The third-order valence-electron chi connectivity index (χ3n) is 3.13. The molecule has 0 aliphatic carbocycles. The summed E-state index contributed by atoms with van der Waals surface area (Å²) in [5.74, 6) is -0.455. The fourth-order valence-corrected chi connectivity index (χ4v) is 2.62. The lowest BCUT2D eigenvalue weighted by Gasteiger charge is -2.14. The Morgan fingerprint density at radius 2 is 1.96 bits per heavy atom. The summed E-state index contributed by atoms with van der Waals surface area (Å²) in [5, 5.41) is 3.14. The Morgan fingerprint density at radius 3 is 2.58 bits per heavy atom. The van der Waals surface area contributed by atoms with Crippen LogP contribution in [-0.4, -0.2) is 25.1 Å². The molecule has 0 radical (unpaired) electrons. The summed E-state index contributed by atoms with van der Waals surface area (Å²) in [6.07, 6.45) is -0.961. The quantitative estimate of drug-likeness (QED) is 0.744. The maximum absolute atomic E-state index is 12.1. The molecule has 0 bridgehead atoms. The summed E-state index contributed by atoms with van der Waals surface area (Å²) in [4.78, 5) is 24.2. The number of esters is 1. The summed E-state index contributed by atoms with van der Waals surface area (Å²) in [6.45, 7) is 1.50. The molecule has 7 heteroatoms. The van der Waals surface area contributed by atoms with E-state index in [0.29, 0.717) is 26.5 Å². The zero-order chi connectivity index (χ0) is 17.7. The number of rotatable bonds is 5. The van der Waals surface area contributed by atoms with Crippen LogP contribution >= 0.6 is 27.5 Å². The van der Waals surface area contributed by atoms with Gasteiger partial charge in [0.2, 0.25) is 0 Å². The molecule has 0 fully saturated rings. The van der Waals surface area contributed by atoms with Crippen molar-refractivity contribution in [3.63, 3.8) is 0 Å². The van der Waals surface area contributed by atoms with Crippen LogP contribution in [0.1, 0.15) is 17.3 Å². The van der Waals surface area contributed by atoms with E-state index in [9.17, 15) is 9.59 Å². The number of methoxy groups -OCH3 is 1. The maximum Gasteiger partial charge on any atom is 0.338 e. The molecule has 0 heterocycles. The number of carbonyl (C=O) groups is 2. The van der Waals surface area contributed by atoms with Gasteiger partial charge in [-0.25, -0.2) is 4.79 Å². The van der Waals surface area contributed by atoms with Crippen molar-refractivity contribution in [1.29, 1.82) is 0 Å². The number of benzene rings is 2. The molecule has 24 heavy (non-hydrogen) atoms. The second kappa shape index (κ2) is 8.17. The van der Waals surface area contributed by atoms with Crippen LogP contribution in [0.15, 0.2) is 46.9 Å². The summed E-state index contributed by atoms with van der Waals surface area (Å²) in [7, 11) is 1.53. The first-order chi connectivity index (χ1) is 11.4. The average Bonchev–Trinajstić information content (AvgIpc) is 2.54. The van der Waals surface area contributed by atoms with Gasteiger partial charge in [-0.2, -0.15) is 0 Å². The van der Waals surface area contributed by atoms with E-state index in [1.165, 1.54) is 14.0 Å². The van der Waals surface area contributed by atoms with Crippen molar-refractivity contribution in [3.8, 4) is 5.75 Å². The summed E-state index contributed by atoms with van der Waals surface area (Å²) >= 11 is 9.16. The molecule has 5 nitrogen and oxygen atoms in total. The van der Waals surface area contributed by atoms with Gasteiger partial charge in [-0.05, 0) is 59.3 Å². The Hall–Kier alpha value is -2.05. The van der Waals surface area contributed by atoms with Gasteiger partial charge in [0.05, 0.1) is 17.1 Å². The van der Waals surface area contributed by atoms with Gasteiger partial charge >= 0.3 is 5.97 Å². The van der Waals surface area contributed by atoms with Crippen molar-refractivity contribution in [2.24, 2.45) is 0 Å². The molecule has 0 aromatic heterocycles. The smallest absolute Gasteiger partial charge is 0.338 e. The van der Waals surface area contributed by atoms with Gasteiger partial charge in [0, 0.05) is 10.7 Å². The Bertz CT molecular complexity index is 766. The summed E-state index contributed by atoms with van der Waals surface area (Å²) in [6, 6.07) is 11.5. The first-order valence-electron chi connectivity index (χ1n) is 7.01. The van der Waals surface area contributed by atoms with E-state index in [2.05, 4.69) is 21.2 Å².